The summed E-state index contributed by atoms with van der Waals surface area (Å²) < 4.78 is 0. The molecule has 0 aliphatic rings. The Bertz CT molecular complexity index is 341. The van der Waals surface area contributed by atoms with Crippen molar-refractivity contribution in [3.8, 4) is 12.3 Å². The van der Waals surface area contributed by atoms with Crippen LogP contribution in [0.25, 0.3) is 0 Å². The summed E-state index contributed by atoms with van der Waals surface area (Å²) in [6.45, 7) is 4.41. The fraction of sp³-hybridized carbons (Fsp3) is 0.417. The van der Waals surface area contributed by atoms with Crippen LogP contribution < -0.4 is 10.2 Å². The Hall–Kier alpha value is -1.53. The summed E-state index contributed by atoms with van der Waals surface area (Å²) in [6.07, 6.45) is 5.25. The molecule has 0 aliphatic heterocycles. The summed E-state index contributed by atoms with van der Waals surface area (Å²) in [4.78, 5) is 6.45. The van der Waals surface area contributed by atoms with Crippen LogP contribution in [0.3, 0.4) is 0 Å². The molecule has 0 radical (unpaired) electrons. The molecule has 3 heteroatoms. The van der Waals surface area contributed by atoms with Crippen molar-refractivity contribution in [2.75, 3.05) is 25.0 Å². The third-order valence-corrected chi connectivity index (χ3v) is 2.07. The van der Waals surface area contributed by atoms with E-state index in [2.05, 4.69) is 23.1 Å². The first kappa shape index (κ1) is 11.5. The molecule has 3 nitrogen and oxygen atoms in total. The molecule has 80 valence electrons. The highest BCUT2D eigenvalue weighted by Gasteiger charge is 2.01. The molecular weight excluding hydrogens is 186 g/mol. The summed E-state index contributed by atoms with van der Waals surface area (Å²) in [7, 11) is 1.94. The van der Waals surface area contributed by atoms with Gasteiger partial charge in [0.25, 0.3) is 0 Å². The van der Waals surface area contributed by atoms with Gasteiger partial charge in [-0.25, -0.2) is 4.98 Å². The summed E-state index contributed by atoms with van der Waals surface area (Å²) >= 11 is 0. The minimum absolute atomic E-state index is 0.581. The van der Waals surface area contributed by atoms with E-state index < -0.39 is 0 Å². The van der Waals surface area contributed by atoms with Crippen LogP contribution in [0.5, 0.6) is 0 Å². The lowest BCUT2D eigenvalue weighted by Crippen LogP contribution is -2.20. The first-order valence-corrected chi connectivity index (χ1v) is 5.09. The zero-order chi connectivity index (χ0) is 11.1. The predicted octanol–water partition coefficient (Wildman–Crippen LogP) is 1.26. The van der Waals surface area contributed by atoms with Gasteiger partial charge in [0, 0.05) is 13.6 Å². The van der Waals surface area contributed by atoms with Crippen LogP contribution in [0.1, 0.15) is 12.6 Å². The van der Waals surface area contributed by atoms with E-state index >= 15 is 0 Å². The maximum absolute atomic E-state index is 5.25. The minimum Gasteiger partial charge on any atom is -0.349 e. The van der Waals surface area contributed by atoms with Crippen LogP contribution in [0, 0.1) is 12.3 Å². The van der Waals surface area contributed by atoms with E-state index in [1.165, 1.54) is 0 Å². The van der Waals surface area contributed by atoms with E-state index in [4.69, 9.17) is 6.42 Å². The predicted molar refractivity (Wildman–Crippen MR) is 63.7 cm³/mol. The van der Waals surface area contributed by atoms with E-state index in [9.17, 15) is 0 Å². The van der Waals surface area contributed by atoms with Crippen molar-refractivity contribution in [2.45, 2.75) is 13.5 Å². The van der Waals surface area contributed by atoms with E-state index in [0.29, 0.717) is 6.54 Å². The second-order valence-corrected chi connectivity index (χ2v) is 3.33. The molecule has 0 amide bonds. The number of rotatable bonds is 5. The van der Waals surface area contributed by atoms with Crippen LogP contribution >= 0.6 is 0 Å². The molecular formula is C12H17N3. The quantitative estimate of drug-likeness (QED) is 0.730. The van der Waals surface area contributed by atoms with Crippen LogP contribution in [0.4, 0.5) is 5.82 Å². The van der Waals surface area contributed by atoms with Gasteiger partial charge in [0.2, 0.25) is 0 Å². The molecule has 15 heavy (non-hydrogen) atoms. The fourth-order valence-corrected chi connectivity index (χ4v) is 1.25. The van der Waals surface area contributed by atoms with Gasteiger partial charge in [0.1, 0.15) is 5.82 Å². The minimum atomic E-state index is 0.581. The van der Waals surface area contributed by atoms with Gasteiger partial charge >= 0.3 is 0 Å². The van der Waals surface area contributed by atoms with Crippen molar-refractivity contribution in [3.05, 3.63) is 23.9 Å². The SMILES string of the molecule is C#CCN(C)c1cccc(CNCC)n1. The van der Waals surface area contributed by atoms with Crippen molar-refractivity contribution in [2.24, 2.45) is 0 Å². The number of hydrogen-bond donors (Lipinski definition) is 1. The van der Waals surface area contributed by atoms with Gasteiger partial charge in [-0.05, 0) is 18.7 Å². The maximum Gasteiger partial charge on any atom is 0.129 e. The van der Waals surface area contributed by atoms with Crippen LogP contribution in [0.15, 0.2) is 18.2 Å². The Labute approximate surface area is 91.5 Å². The highest BCUT2D eigenvalue weighted by molar-refractivity contribution is 5.39. The van der Waals surface area contributed by atoms with E-state index in [1.54, 1.807) is 0 Å². The lowest BCUT2D eigenvalue weighted by atomic mass is 10.3. The molecule has 1 heterocycles. The van der Waals surface area contributed by atoms with Gasteiger partial charge < -0.3 is 10.2 Å². The number of nitrogens with zero attached hydrogens (tertiary/aromatic N) is 2. The number of nitrogens with one attached hydrogen (secondary N) is 1. The van der Waals surface area contributed by atoms with E-state index in [0.717, 1.165) is 24.6 Å². The topological polar surface area (TPSA) is 28.2 Å². The Balaban J connectivity index is 2.69. The van der Waals surface area contributed by atoms with Crippen molar-refractivity contribution in [1.82, 2.24) is 10.3 Å². The van der Waals surface area contributed by atoms with Gasteiger partial charge in [-0.2, -0.15) is 0 Å². The first-order valence-electron chi connectivity index (χ1n) is 5.09. The van der Waals surface area contributed by atoms with Crippen molar-refractivity contribution < 1.29 is 0 Å². The number of aromatic nitrogens is 1. The van der Waals surface area contributed by atoms with Crippen molar-refractivity contribution in [3.63, 3.8) is 0 Å². The van der Waals surface area contributed by atoms with Crippen LogP contribution in [-0.4, -0.2) is 25.1 Å². The molecule has 0 unspecified atom stereocenters. The second-order valence-electron chi connectivity index (χ2n) is 3.33. The second kappa shape index (κ2) is 6.05. The van der Waals surface area contributed by atoms with Crippen LogP contribution in [0.2, 0.25) is 0 Å². The number of terminal acetylenes is 1. The Kier molecular flexibility index (Phi) is 4.65. The van der Waals surface area contributed by atoms with E-state index in [-0.39, 0.29) is 0 Å². The lowest BCUT2D eigenvalue weighted by Gasteiger charge is -2.15. The molecule has 0 saturated carbocycles. The third-order valence-electron chi connectivity index (χ3n) is 2.07. The fourth-order valence-electron chi connectivity index (χ4n) is 1.25. The molecule has 0 spiro atoms. The molecule has 0 aliphatic carbocycles. The molecule has 1 N–H and O–H groups in total. The van der Waals surface area contributed by atoms with Gasteiger partial charge in [0.15, 0.2) is 0 Å². The van der Waals surface area contributed by atoms with Gasteiger partial charge in [-0.3, -0.25) is 0 Å². The average Bonchev–Trinajstić information content (AvgIpc) is 2.27. The zero-order valence-corrected chi connectivity index (χ0v) is 9.33. The largest absolute Gasteiger partial charge is 0.349 e. The van der Waals surface area contributed by atoms with Gasteiger partial charge in [-0.15, -0.1) is 6.42 Å². The third kappa shape index (κ3) is 3.61. The summed E-state index contributed by atoms with van der Waals surface area (Å²) in [6, 6.07) is 5.98. The highest BCUT2D eigenvalue weighted by atomic mass is 15.2. The molecule has 0 fully saturated rings. The van der Waals surface area contributed by atoms with Crippen molar-refractivity contribution >= 4 is 5.82 Å². The monoisotopic (exact) mass is 203 g/mol. The average molecular weight is 203 g/mol. The molecule has 0 bridgehead atoms. The highest BCUT2D eigenvalue weighted by Crippen LogP contribution is 2.08. The smallest absolute Gasteiger partial charge is 0.129 e. The standard InChI is InChI=1S/C12H17N3/c1-4-9-15(3)12-8-6-7-11(14-12)10-13-5-2/h1,6-8,13H,5,9-10H2,2-3H3. The molecule has 0 saturated heterocycles. The van der Waals surface area contributed by atoms with E-state index in [1.807, 2.05) is 30.1 Å². The molecule has 1 aromatic rings. The zero-order valence-electron chi connectivity index (χ0n) is 9.33. The Morgan fingerprint density at radius 1 is 1.53 bits per heavy atom. The molecule has 0 aromatic carbocycles. The maximum atomic E-state index is 5.25. The number of pyridine rings is 1. The molecule has 1 rings (SSSR count). The Morgan fingerprint density at radius 3 is 3.00 bits per heavy atom. The van der Waals surface area contributed by atoms with Gasteiger partial charge in [0.05, 0.1) is 12.2 Å². The number of hydrogen-bond acceptors (Lipinski definition) is 3. The Morgan fingerprint density at radius 2 is 2.33 bits per heavy atom. The summed E-state index contributed by atoms with van der Waals surface area (Å²) in [5, 5.41) is 3.24. The molecule has 1 aromatic heterocycles. The molecule has 0 atom stereocenters. The van der Waals surface area contributed by atoms with Gasteiger partial charge in [-0.1, -0.05) is 18.9 Å². The normalized spacial score (nSPS) is 9.67. The summed E-state index contributed by atoms with van der Waals surface area (Å²) in [5.74, 6) is 3.52. The summed E-state index contributed by atoms with van der Waals surface area (Å²) in [5.41, 5.74) is 1.04. The van der Waals surface area contributed by atoms with Crippen LogP contribution in [-0.2, 0) is 6.54 Å². The van der Waals surface area contributed by atoms with Crippen molar-refractivity contribution in [1.29, 1.82) is 0 Å². The first-order chi connectivity index (χ1) is 7.27. The lowest BCUT2D eigenvalue weighted by molar-refractivity contribution is 0.709. The number of anilines is 1.